The van der Waals surface area contributed by atoms with E-state index in [2.05, 4.69) is 6.92 Å². The predicted octanol–water partition coefficient (Wildman–Crippen LogP) is 5.85. The van der Waals surface area contributed by atoms with Crippen molar-refractivity contribution in [2.24, 2.45) is 0 Å². The predicted molar refractivity (Wildman–Crippen MR) is 98.7 cm³/mol. The minimum absolute atomic E-state index is 0.000563. The molecule has 0 aliphatic rings. The Morgan fingerprint density at radius 2 is 1.62 bits per heavy atom. The molecule has 24 heavy (non-hydrogen) atoms. The van der Waals surface area contributed by atoms with Crippen molar-refractivity contribution in [3.05, 3.63) is 70.7 Å². The van der Waals surface area contributed by atoms with Crippen LogP contribution >= 0.6 is 11.6 Å². The Balaban J connectivity index is 2.17. The first-order chi connectivity index (χ1) is 11.6. The summed E-state index contributed by atoms with van der Waals surface area (Å²) in [7, 11) is 0. The Labute approximate surface area is 148 Å². The summed E-state index contributed by atoms with van der Waals surface area (Å²) in [6.45, 7) is 2.11. The number of carbonyl (C=O) groups is 2. The average molecular weight is 343 g/mol. The van der Waals surface area contributed by atoms with Crippen molar-refractivity contribution < 1.29 is 9.59 Å². The van der Waals surface area contributed by atoms with E-state index in [9.17, 15) is 9.59 Å². The largest absolute Gasteiger partial charge is 0.299 e. The summed E-state index contributed by atoms with van der Waals surface area (Å²) in [6.07, 6.45) is 3.70. The highest BCUT2D eigenvalue weighted by Gasteiger charge is 2.23. The number of halogens is 1. The number of rotatable bonds is 9. The summed E-state index contributed by atoms with van der Waals surface area (Å²) in [5.74, 6) is -0.263. The molecule has 2 nitrogen and oxygen atoms in total. The molecule has 0 aromatic heterocycles. The van der Waals surface area contributed by atoms with E-state index in [1.807, 2.05) is 30.3 Å². The highest BCUT2D eigenvalue weighted by molar-refractivity contribution is 6.30. The fraction of sp³-hybridized carbons (Fsp3) is 0.333. The second-order valence-electron chi connectivity index (χ2n) is 6.02. The topological polar surface area (TPSA) is 34.1 Å². The molecular formula is C21H23ClO2. The Morgan fingerprint density at radius 1 is 0.958 bits per heavy atom. The van der Waals surface area contributed by atoms with Gasteiger partial charge in [0.1, 0.15) is 5.78 Å². The molecule has 0 radical (unpaired) electrons. The standard InChI is InChI=1S/C21H23ClO2/c1-2-3-5-10-20(23)19(16-11-13-18(22)14-12-16)15-21(24)17-8-6-4-7-9-17/h4,6-9,11-14,19H,2-3,5,10,15H2,1H3. The van der Waals surface area contributed by atoms with Gasteiger partial charge in [-0.05, 0) is 24.1 Å². The van der Waals surface area contributed by atoms with Crippen LogP contribution in [0, 0.1) is 0 Å². The molecule has 2 aromatic rings. The minimum atomic E-state index is -0.396. The maximum absolute atomic E-state index is 12.7. The van der Waals surface area contributed by atoms with Crippen LogP contribution in [-0.4, -0.2) is 11.6 Å². The zero-order valence-electron chi connectivity index (χ0n) is 14.0. The fourth-order valence-corrected chi connectivity index (χ4v) is 2.89. The van der Waals surface area contributed by atoms with Gasteiger partial charge in [-0.3, -0.25) is 9.59 Å². The quantitative estimate of drug-likeness (QED) is 0.423. The van der Waals surface area contributed by atoms with Gasteiger partial charge in [0, 0.05) is 29.3 Å². The van der Waals surface area contributed by atoms with Crippen LogP contribution < -0.4 is 0 Å². The minimum Gasteiger partial charge on any atom is -0.299 e. The third-order valence-electron chi connectivity index (χ3n) is 4.17. The number of hydrogen-bond donors (Lipinski definition) is 0. The van der Waals surface area contributed by atoms with E-state index in [1.165, 1.54) is 0 Å². The summed E-state index contributed by atoms with van der Waals surface area (Å²) in [5, 5.41) is 0.630. The average Bonchev–Trinajstić information content (AvgIpc) is 2.61. The summed E-state index contributed by atoms with van der Waals surface area (Å²) >= 11 is 5.95. The van der Waals surface area contributed by atoms with Crippen molar-refractivity contribution in [2.75, 3.05) is 0 Å². The van der Waals surface area contributed by atoms with Gasteiger partial charge in [-0.15, -0.1) is 0 Å². The molecule has 0 saturated carbocycles. The van der Waals surface area contributed by atoms with E-state index in [0.717, 1.165) is 24.8 Å². The number of ketones is 2. The van der Waals surface area contributed by atoms with Gasteiger partial charge in [0.2, 0.25) is 0 Å². The first-order valence-electron chi connectivity index (χ1n) is 8.48. The lowest BCUT2D eigenvalue weighted by atomic mass is 9.86. The summed E-state index contributed by atoms with van der Waals surface area (Å²) < 4.78 is 0. The van der Waals surface area contributed by atoms with E-state index in [-0.39, 0.29) is 18.0 Å². The second-order valence-corrected chi connectivity index (χ2v) is 6.46. The highest BCUT2D eigenvalue weighted by Crippen LogP contribution is 2.26. The van der Waals surface area contributed by atoms with E-state index in [1.54, 1.807) is 24.3 Å². The molecule has 1 atom stereocenters. The van der Waals surface area contributed by atoms with Crippen LogP contribution in [0.3, 0.4) is 0 Å². The lowest BCUT2D eigenvalue weighted by Gasteiger charge is -2.16. The SMILES string of the molecule is CCCCCC(=O)C(CC(=O)c1ccccc1)c1ccc(Cl)cc1. The lowest BCUT2D eigenvalue weighted by Crippen LogP contribution is -2.17. The van der Waals surface area contributed by atoms with Crippen LogP contribution in [0.1, 0.15) is 60.9 Å². The zero-order valence-corrected chi connectivity index (χ0v) is 14.8. The molecule has 3 heteroatoms. The van der Waals surface area contributed by atoms with Gasteiger partial charge < -0.3 is 0 Å². The molecular weight excluding hydrogens is 320 g/mol. The third-order valence-corrected chi connectivity index (χ3v) is 4.43. The number of unbranched alkanes of at least 4 members (excludes halogenated alkanes) is 2. The molecule has 0 spiro atoms. The number of benzene rings is 2. The number of carbonyl (C=O) groups excluding carboxylic acids is 2. The Kier molecular flexibility index (Phi) is 7.20. The third kappa shape index (κ3) is 5.31. The Hall–Kier alpha value is -1.93. The van der Waals surface area contributed by atoms with Crippen LogP contribution in [0.15, 0.2) is 54.6 Å². The normalized spacial score (nSPS) is 11.9. The van der Waals surface area contributed by atoms with Crippen molar-refractivity contribution in [3.63, 3.8) is 0 Å². The molecule has 0 aliphatic carbocycles. The van der Waals surface area contributed by atoms with Gasteiger partial charge in [-0.2, -0.15) is 0 Å². The van der Waals surface area contributed by atoms with Crippen LogP contribution in [0.2, 0.25) is 5.02 Å². The summed E-state index contributed by atoms with van der Waals surface area (Å²) in [4.78, 5) is 25.2. The van der Waals surface area contributed by atoms with Crippen LogP contribution in [0.4, 0.5) is 0 Å². The Bertz CT molecular complexity index is 662. The molecule has 126 valence electrons. The molecule has 0 fully saturated rings. The van der Waals surface area contributed by atoms with Crippen molar-refractivity contribution in [2.45, 2.75) is 44.9 Å². The van der Waals surface area contributed by atoms with Gasteiger partial charge in [0.05, 0.1) is 0 Å². The monoisotopic (exact) mass is 342 g/mol. The molecule has 2 aromatic carbocycles. The Morgan fingerprint density at radius 3 is 2.25 bits per heavy atom. The van der Waals surface area contributed by atoms with Gasteiger partial charge in [0.25, 0.3) is 0 Å². The van der Waals surface area contributed by atoms with Crippen molar-refractivity contribution in [1.82, 2.24) is 0 Å². The smallest absolute Gasteiger partial charge is 0.163 e. The molecule has 0 aliphatic heterocycles. The molecule has 1 unspecified atom stereocenters. The van der Waals surface area contributed by atoms with Gasteiger partial charge in [-0.1, -0.05) is 73.8 Å². The van der Waals surface area contributed by atoms with Gasteiger partial charge >= 0.3 is 0 Å². The first kappa shape index (κ1) is 18.4. The van der Waals surface area contributed by atoms with E-state index >= 15 is 0 Å². The van der Waals surface area contributed by atoms with Crippen molar-refractivity contribution in [1.29, 1.82) is 0 Å². The second kappa shape index (κ2) is 9.39. The van der Waals surface area contributed by atoms with Crippen molar-refractivity contribution in [3.8, 4) is 0 Å². The maximum atomic E-state index is 12.7. The first-order valence-corrected chi connectivity index (χ1v) is 8.86. The van der Waals surface area contributed by atoms with E-state index in [4.69, 9.17) is 11.6 Å². The molecule has 2 rings (SSSR count). The molecule has 0 saturated heterocycles. The molecule has 0 amide bonds. The van der Waals surface area contributed by atoms with Crippen LogP contribution in [0.5, 0.6) is 0 Å². The lowest BCUT2D eigenvalue weighted by molar-refractivity contribution is -0.120. The van der Waals surface area contributed by atoms with Crippen LogP contribution in [-0.2, 0) is 4.79 Å². The fourth-order valence-electron chi connectivity index (χ4n) is 2.76. The molecule has 0 N–H and O–H groups in total. The number of Topliss-reactive ketones (excluding diaryl/α,β-unsaturated/α-hetero) is 2. The molecule has 0 bridgehead atoms. The van der Waals surface area contributed by atoms with E-state index in [0.29, 0.717) is 17.0 Å². The van der Waals surface area contributed by atoms with Crippen molar-refractivity contribution >= 4 is 23.2 Å². The highest BCUT2D eigenvalue weighted by atomic mass is 35.5. The molecule has 0 heterocycles. The van der Waals surface area contributed by atoms with Gasteiger partial charge in [0.15, 0.2) is 5.78 Å². The number of hydrogen-bond acceptors (Lipinski definition) is 2. The zero-order chi connectivity index (χ0) is 17.4. The van der Waals surface area contributed by atoms with E-state index < -0.39 is 5.92 Å². The van der Waals surface area contributed by atoms with Gasteiger partial charge in [-0.25, -0.2) is 0 Å². The maximum Gasteiger partial charge on any atom is 0.163 e. The summed E-state index contributed by atoms with van der Waals surface area (Å²) in [5.41, 5.74) is 1.52. The summed E-state index contributed by atoms with van der Waals surface area (Å²) in [6, 6.07) is 16.4. The van der Waals surface area contributed by atoms with Crippen LogP contribution in [0.25, 0.3) is 0 Å².